The second-order valence-corrected chi connectivity index (χ2v) is 6.57. The monoisotopic (exact) mass is 342 g/mol. The fourth-order valence-electron chi connectivity index (χ4n) is 2.16. The van der Waals surface area contributed by atoms with Gasteiger partial charge in [0.2, 0.25) is 0 Å². The van der Waals surface area contributed by atoms with Gasteiger partial charge >= 0.3 is 0 Å². The van der Waals surface area contributed by atoms with E-state index in [2.05, 4.69) is 35.1 Å². The van der Waals surface area contributed by atoms with Crippen molar-refractivity contribution < 1.29 is 9.53 Å². The highest BCUT2D eigenvalue weighted by Gasteiger charge is 2.25. The van der Waals surface area contributed by atoms with E-state index >= 15 is 0 Å². The van der Waals surface area contributed by atoms with Crippen LogP contribution in [0.15, 0.2) is 28.7 Å². The fourth-order valence-corrected chi connectivity index (χ4v) is 2.54. The fraction of sp³-hybridized carbons (Fsp3) is 0.533. The first-order valence-corrected chi connectivity index (χ1v) is 7.53. The van der Waals surface area contributed by atoms with Gasteiger partial charge < -0.3 is 15.8 Å². The average Bonchev–Trinajstić information content (AvgIpc) is 2.35. The number of halogens is 1. The number of benzene rings is 1. The third-order valence-electron chi connectivity index (χ3n) is 2.92. The quantitative estimate of drug-likeness (QED) is 0.800. The van der Waals surface area contributed by atoms with Gasteiger partial charge in [0.25, 0.3) is 5.91 Å². The molecule has 0 aliphatic carbocycles. The summed E-state index contributed by atoms with van der Waals surface area (Å²) in [5.41, 5.74) is 5.39. The Labute approximate surface area is 129 Å². The SMILES string of the molecule is CC(C)CC(C)(CN)NC(=O)COc1cccc(Br)c1. The molecule has 3 N–H and O–H groups in total. The first kappa shape index (κ1) is 17.0. The molecule has 20 heavy (non-hydrogen) atoms. The van der Waals surface area contributed by atoms with Gasteiger partial charge in [-0.2, -0.15) is 0 Å². The Bertz CT molecular complexity index is 451. The molecule has 1 aromatic rings. The van der Waals surface area contributed by atoms with Gasteiger partial charge in [0, 0.05) is 16.6 Å². The predicted octanol–water partition coefficient (Wildman–Crippen LogP) is 2.71. The van der Waals surface area contributed by atoms with Crippen molar-refractivity contribution in [2.75, 3.05) is 13.2 Å². The zero-order chi connectivity index (χ0) is 15.2. The number of carbonyl (C=O) groups is 1. The van der Waals surface area contributed by atoms with Crippen LogP contribution in [0.5, 0.6) is 5.75 Å². The van der Waals surface area contributed by atoms with Crippen LogP contribution in [0, 0.1) is 5.92 Å². The molecule has 0 radical (unpaired) electrons. The molecule has 1 rings (SSSR count). The van der Waals surface area contributed by atoms with Crippen LogP contribution in [0.25, 0.3) is 0 Å². The number of hydrogen-bond donors (Lipinski definition) is 2. The maximum atomic E-state index is 12.0. The maximum absolute atomic E-state index is 12.0. The summed E-state index contributed by atoms with van der Waals surface area (Å²) in [6, 6.07) is 7.40. The number of amides is 1. The van der Waals surface area contributed by atoms with Crippen LogP contribution in [-0.4, -0.2) is 24.6 Å². The van der Waals surface area contributed by atoms with E-state index in [-0.39, 0.29) is 18.1 Å². The van der Waals surface area contributed by atoms with Gasteiger partial charge in [-0.3, -0.25) is 4.79 Å². The third-order valence-corrected chi connectivity index (χ3v) is 3.41. The summed E-state index contributed by atoms with van der Waals surface area (Å²) >= 11 is 3.36. The summed E-state index contributed by atoms with van der Waals surface area (Å²) in [5.74, 6) is 0.973. The number of rotatable bonds is 7. The van der Waals surface area contributed by atoms with Gasteiger partial charge in [-0.05, 0) is 37.5 Å². The third kappa shape index (κ3) is 5.92. The van der Waals surface area contributed by atoms with Crippen LogP contribution in [0.1, 0.15) is 27.2 Å². The second kappa shape index (κ2) is 7.64. The van der Waals surface area contributed by atoms with E-state index in [1.165, 1.54) is 0 Å². The van der Waals surface area contributed by atoms with Crippen molar-refractivity contribution in [2.24, 2.45) is 11.7 Å². The Hall–Kier alpha value is -1.07. The molecular formula is C15H23BrN2O2. The van der Waals surface area contributed by atoms with E-state index in [1.807, 2.05) is 31.2 Å². The van der Waals surface area contributed by atoms with Gasteiger partial charge in [0.05, 0.1) is 0 Å². The van der Waals surface area contributed by atoms with E-state index in [1.54, 1.807) is 0 Å². The Morgan fingerprint density at radius 1 is 1.50 bits per heavy atom. The van der Waals surface area contributed by atoms with E-state index < -0.39 is 0 Å². The lowest BCUT2D eigenvalue weighted by Crippen LogP contribution is -2.53. The topological polar surface area (TPSA) is 64.3 Å². The van der Waals surface area contributed by atoms with E-state index in [4.69, 9.17) is 10.5 Å². The summed E-state index contributed by atoms with van der Waals surface area (Å²) in [6.07, 6.45) is 0.839. The largest absolute Gasteiger partial charge is 0.484 e. The highest BCUT2D eigenvalue weighted by atomic mass is 79.9. The lowest BCUT2D eigenvalue weighted by atomic mass is 9.91. The molecule has 0 bridgehead atoms. The summed E-state index contributed by atoms with van der Waals surface area (Å²) in [7, 11) is 0. The maximum Gasteiger partial charge on any atom is 0.258 e. The molecule has 5 heteroatoms. The van der Waals surface area contributed by atoms with Crippen LogP contribution in [0.4, 0.5) is 0 Å². The number of carbonyl (C=O) groups excluding carboxylic acids is 1. The first-order chi connectivity index (χ1) is 9.34. The van der Waals surface area contributed by atoms with Gasteiger partial charge in [-0.15, -0.1) is 0 Å². The summed E-state index contributed by atoms with van der Waals surface area (Å²) in [4.78, 5) is 12.0. The average molecular weight is 343 g/mol. The first-order valence-electron chi connectivity index (χ1n) is 6.74. The molecule has 1 amide bonds. The molecule has 0 fully saturated rings. The molecule has 0 saturated carbocycles. The highest BCUT2D eigenvalue weighted by Crippen LogP contribution is 2.18. The molecule has 0 saturated heterocycles. The Kier molecular flexibility index (Phi) is 6.49. The molecule has 0 aromatic heterocycles. The lowest BCUT2D eigenvalue weighted by Gasteiger charge is -2.31. The van der Waals surface area contributed by atoms with E-state index in [9.17, 15) is 4.79 Å². The summed E-state index contributed by atoms with van der Waals surface area (Å²) in [6.45, 7) is 6.58. The van der Waals surface area contributed by atoms with Gasteiger partial charge in [0.15, 0.2) is 6.61 Å². The number of hydrogen-bond acceptors (Lipinski definition) is 3. The van der Waals surface area contributed by atoms with Crippen LogP contribution < -0.4 is 15.8 Å². The van der Waals surface area contributed by atoms with Gasteiger partial charge in [-0.25, -0.2) is 0 Å². The second-order valence-electron chi connectivity index (χ2n) is 5.66. The molecule has 1 atom stereocenters. The number of nitrogens with one attached hydrogen (secondary N) is 1. The number of ether oxygens (including phenoxy) is 1. The molecule has 4 nitrogen and oxygen atoms in total. The zero-order valence-electron chi connectivity index (χ0n) is 12.3. The van der Waals surface area contributed by atoms with Crippen LogP contribution in [0.2, 0.25) is 0 Å². The predicted molar refractivity (Wildman–Crippen MR) is 84.7 cm³/mol. The Morgan fingerprint density at radius 3 is 2.75 bits per heavy atom. The normalized spacial score (nSPS) is 13.9. The van der Waals surface area contributed by atoms with E-state index in [0.717, 1.165) is 10.9 Å². The van der Waals surface area contributed by atoms with Crippen molar-refractivity contribution in [3.05, 3.63) is 28.7 Å². The van der Waals surface area contributed by atoms with Gasteiger partial charge in [-0.1, -0.05) is 35.8 Å². The lowest BCUT2D eigenvalue weighted by molar-refractivity contribution is -0.125. The van der Waals surface area contributed by atoms with Crippen LogP contribution >= 0.6 is 15.9 Å². The smallest absolute Gasteiger partial charge is 0.258 e. The van der Waals surface area contributed by atoms with Gasteiger partial charge in [0.1, 0.15) is 5.75 Å². The molecule has 112 valence electrons. The van der Waals surface area contributed by atoms with E-state index in [0.29, 0.717) is 18.2 Å². The van der Waals surface area contributed by atoms with Crippen molar-refractivity contribution in [1.82, 2.24) is 5.32 Å². The minimum Gasteiger partial charge on any atom is -0.484 e. The standard InChI is InChI=1S/C15H23BrN2O2/c1-11(2)8-15(3,10-17)18-14(19)9-20-13-6-4-5-12(16)7-13/h4-7,11H,8-10,17H2,1-3H3,(H,18,19). The molecule has 0 aliphatic rings. The Morgan fingerprint density at radius 2 is 2.20 bits per heavy atom. The van der Waals surface area contributed by atoms with Crippen molar-refractivity contribution in [3.8, 4) is 5.75 Å². The number of nitrogens with two attached hydrogens (primary N) is 1. The van der Waals surface area contributed by atoms with Crippen LogP contribution in [0.3, 0.4) is 0 Å². The van der Waals surface area contributed by atoms with Crippen molar-refractivity contribution >= 4 is 21.8 Å². The van der Waals surface area contributed by atoms with Crippen LogP contribution in [-0.2, 0) is 4.79 Å². The van der Waals surface area contributed by atoms with Crippen molar-refractivity contribution in [2.45, 2.75) is 32.7 Å². The zero-order valence-corrected chi connectivity index (χ0v) is 13.9. The summed E-state index contributed by atoms with van der Waals surface area (Å²) in [5, 5.41) is 2.96. The molecule has 1 unspecified atom stereocenters. The molecule has 0 aliphatic heterocycles. The van der Waals surface area contributed by atoms with Crippen molar-refractivity contribution in [3.63, 3.8) is 0 Å². The molecule has 1 aromatic carbocycles. The Balaban J connectivity index is 2.50. The molecular weight excluding hydrogens is 320 g/mol. The minimum atomic E-state index is -0.383. The summed E-state index contributed by atoms with van der Waals surface area (Å²) < 4.78 is 6.38. The highest BCUT2D eigenvalue weighted by molar-refractivity contribution is 9.10. The molecule has 0 spiro atoms. The van der Waals surface area contributed by atoms with Crippen molar-refractivity contribution in [1.29, 1.82) is 0 Å². The minimum absolute atomic E-state index is 0.00978. The molecule has 0 heterocycles.